The topological polar surface area (TPSA) is 43.9 Å². The first-order valence-electron chi connectivity index (χ1n) is 9.85. The zero-order valence-electron chi connectivity index (χ0n) is 16.6. The predicted molar refractivity (Wildman–Crippen MR) is 104 cm³/mol. The molecule has 0 aliphatic carbocycles. The lowest BCUT2D eigenvalue weighted by Crippen LogP contribution is -2.54. The van der Waals surface area contributed by atoms with Crippen molar-refractivity contribution in [3.05, 3.63) is 30.1 Å². The van der Waals surface area contributed by atoms with E-state index in [0.29, 0.717) is 38.4 Å². The molecule has 5 nitrogen and oxygen atoms in total. The van der Waals surface area contributed by atoms with Gasteiger partial charge in [-0.3, -0.25) is 9.59 Å². The number of benzene rings is 1. The van der Waals surface area contributed by atoms with Gasteiger partial charge < -0.3 is 14.7 Å². The van der Waals surface area contributed by atoms with Crippen molar-refractivity contribution in [3.63, 3.8) is 0 Å². The number of likely N-dealkylation sites (tertiary alicyclic amines) is 1. The van der Waals surface area contributed by atoms with E-state index in [-0.39, 0.29) is 23.5 Å². The first-order chi connectivity index (χ1) is 12.8. The SMILES string of the molecule is CC(C)(C)C(=O)N1CCC[C@@H](C(=O)N2CCN(c3ccccc3F)CC2)C1. The summed E-state index contributed by atoms with van der Waals surface area (Å²) in [6, 6.07) is 6.77. The first kappa shape index (κ1) is 19.6. The van der Waals surface area contributed by atoms with Gasteiger partial charge in [0.15, 0.2) is 0 Å². The molecule has 0 unspecified atom stereocenters. The number of anilines is 1. The molecule has 2 fully saturated rings. The van der Waals surface area contributed by atoms with Crippen LogP contribution in [0.3, 0.4) is 0 Å². The number of piperidine rings is 1. The number of hydrogen-bond donors (Lipinski definition) is 0. The molecule has 2 amide bonds. The van der Waals surface area contributed by atoms with E-state index in [2.05, 4.69) is 0 Å². The van der Waals surface area contributed by atoms with Gasteiger partial charge in [0.25, 0.3) is 0 Å². The third kappa shape index (κ3) is 4.42. The quantitative estimate of drug-likeness (QED) is 0.798. The largest absolute Gasteiger partial charge is 0.366 e. The highest BCUT2D eigenvalue weighted by molar-refractivity contribution is 5.84. The smallest absolute Gasteiger partial charge is 0.227 e. The van der Waals surface area contributed by atoms with Crippen LogP contribution in [0.15, 0.2) is 24.3 Å². The van der Waals surface area contributed by atoms with Gasteiger partial charge in [0.05, 0.1) is 11.6 Å². The van der Waals surface area contributed by atoms with E-state index < -0.39 is 5.41 Å². The van der Waals surface area contributed by atoms with Crippen molar-refractivity contribution < 1.29 is 14.0 Å². The summed E-state index contributed by atoms with van der Waals surface area (Å²) in [4.78, 5) is 31.3. The summed E-state index contributed by atoms with van der Waals surface area (Å²) >= 11 is 0. The van der Waals surface area contributed by atoms with Crippen molar-refractivity contribution >= 4 is 17.5 Å². The number of piperazine rings is 1. The molecule has 148 valence electrons. The molecule has 1 aromatic rings. The van der Waals surface area contributed by atoms with Gasteiger partial charge >= 0.3 is 0 Å². The minimum absolute atomic E-state index is 0.115. The summed E-state index contributed by atoms with van der Waals surface area (Å²) < 4.78 is 14.0. The molecule has 0 aromatic heterocycles. The van der Waals surface area contributed by atoms with Gasteiger partial charge in [0, 0.05) is 44.7 Å². The van der Waals surface area contributed by atoms with E-state index in [9.17, 15) is 14.0 Å². The average molecular weight is 375 g/mol. The summed E-state index contributed by atoms with van der Waals surface area (Å²) in [6.07, 6.45) is 1.70. The molecule has 2 saturated heterocycles. The third-order valence-electron chi connectivity index (χ3n) is 5.48. The number of carbonyl (C=O) groups excluding carboxylic acids is 2. The summed E-state index contributed by atoms with van der Waals surface area (Å²) in [5, 5.41) is 0. The van der Waals surface area contributed by atoms with Crippen molar-refractivity contribution in [2.24, 2.45) is 11.3 Å². The van der Waals surface area contributed by atoms with Gasteiger partial charge in [0.2, 0.25) is 11.8 Å². The fourth-order valence-electron chi connectivity index (χ4n) is 3.97. The second-order valence-electron chi connectivity index (χ2n) is 8.60. The first-order valence-corrected chi connectivity index (χ1v) is 9.85. The molecule has 3 rings (SSSR count). The van der Waals surface area contributed by atoms with Crippen LogP contribution in [0.1, 0.15) is 33.6 Å². The van der Waals surface area contributed by atoms with E-state index in [1.807, 2.05) is 41.5 Å². The Balaban J connectivity index is 1.57. The van der Waals surface area contributed by atoms with Crippen molar-refractivity contribution in [2.45, 2.75) is 33.6 Å². The summed E-state index contributed by atoms with van der Waals surface area (Å²) in [5.41, 5.74) is 0.181. The molecular weight excluding hydrogens is 345 g/mol. The minimum Gasteiger partial charge on any atom is -0.366 e. The van der Waals surface area contributed by atoms with Crippen molar-refractivity contribution in [3.8, 4) is 0 Å². The van der Waals surface area contributed by atoms with Crippen LogP contribution in [-0.2, 0) is 9.59 Å². The average Bonchev–Trinajstić information content (AvgIpc) is 2.67. The highest BCUT2D eigenvalue weighted by atomic mass is 19.1. The fourth-order valence-corrected chi connectivity index (χ4v) is 3.97. The number of para-hydroxylation sites is 1. The maximum Gasteiger partial charge on any atom is 0.227 e. The van der Waals surface area contributed by atoms with Crippen molar-refractivity contribution in [1.82, 2.24) is 9.80 Å². The maximum absolute atomic E-state index is 14.0. The number of halogens is 1. The molecule has 1 atom stereocenters. The Kier molecular flexibility index (Phi) is 5.72. The zero-order valence-corrected chi connectivity index (χ0v) is 16.6. The standard InChI is InChI=1S/C21H30FN3O2/c1-21(2,3)20(27)25-10-6-7-16(15-25)19(26)24-13-11-23(12-14-24)18-9-5-4-8-17(18)22/h4-5,8-9,16H,6-7,10-15H2,1-3H3/t16-/m1/s1. The molecule has 2 aliphatic heterocycles. The normalized spacial score (nSPS) is 21.3. The second-order valence-corrected chi connectivity index (χ2v) is 8.60. The number of nitrogens with zero attached hydrogens (tertiary/aromatic N) is 3. The Morgan fingerprint density at radius 2 is 1.67 bits per heavy atom. The third-order valence-corrected chi connectivity index (χ3v) is 5.48. The Bertz CT molecular complexity index is 693. The van der Waals surface area contributed by atoms with Gasteiger partial charge in [-0.25, -0.2) is 4.39 Å². The van der Waals surface area contributed by atoms with Crippen LogP contribution in [0.2, 0.25) is 0 Å². The van der Waals surface area contributed by atoms with Crippen LogP contribution in [0.4, 0.5) is 10.1 Å². The number of rotatable bonds is 2. The Labute approximate surface area is 161 Å². The molecule has 1 aromatic carbocycles. The molecule has 6 heteroatoms. The lowest BCUT2D eigenvalue weighted by molar-refractivity contribution is -0.145. The number of carbonyl (C=O) groups is 2. The minimum atomic E-state index is -0.420. The molecule has 0 saturated carbocycles. The highest BCUT2D eigenvalue weighted by Gasteiger charge is 2.35. The molecule has 0 radical (unpaired) electrons. The monoisotopic (exact) mass is 375 g/mol. The second kappa shape index (κ2) is 7.87. The Morgan fingerprint density at radius 3 is 2.30 bits per heavy atom. The van der Waals surface area contributed by atoms with Gasteiger partial charge in [-0.05, 0) is 25.0 Å². The molecule has 0 bridgehead atoms. The molecule has 0 N–H and O–H groups in total. The van der Waals surface area contributed by atoms with E-state index in [4.69, 9.17) is 0 Å². The lowest BCUT2D eigenvalue weighted by Gasteiger charge is -2.40. The summed E-state index contributed by atoms with van der Waals surface area (Å²) in [7, 11) is 0. The maximum atomic E-state index is 14.0. The van der Waals surface area contributed by atoms with Crippen molar-refractivity contribution in [1.29, 1.82) is 0 Å². The molecule has 27 heavy (non-hydrogen) atoms. The van der Waals surface area contributed by atoms with E-state index in [1.54, 1.807) is 12.1 Å². The Hall–Kier alpha value is -2.11. The van der Waals surface area contributed by atoms with E-state index >= 15 is 0 Å². The van der Waals surface area contributed by atoms with E-state index in [1.165, 1.54) is 6.07 Å². The van der Waals surface area contributed by atoms with Gasteiger partial charge in [-0.2, -0.15) is 0 Å². The van der Waals surface area contributed by atoms with Crippen LogP contribution >= 0.6 is 0 Å². The zero-order chi connectivity index (χ0) is 19.6. The number of hydrogen-bond acceptors (Lipinski definition) is 3. The highest BCUT2D eigenvalue weighted by Crippen LogP contribution is 2.26. The van der Waals surface area contributed by atoms with Crippen LogP contribution in [0.25, 0.3) is 0 Å². The van der Waals surface area contributed by atoms with Crippen LogP contribution in [-0.4, -0.2) is 60.9 Å². The van der Waals surface area contributed by atoms with Crippen LogP contribution in [0, 0.1) is 17.2 Å². The van der Waals surface area contributed by atoms with Gasteiger partial charge in [-0.15, -0.1) is 0 Å². The van der Waals surface area contributed by atoms with Crippen LogP contribution in [0.5, 0.6) is 0 Å². The summed E-state index contributed by atoms with van der Waals surface area (Å²) in [5.74, 6) is -0.0927. The lowest BCUT2D eigenvalue weighted by atomic mass is 9.90. The predicted octanol–water partition coefficient (Wildman–Crippen LogP) is 2.76. The number of amides is 2. The molecule has 0 spiro atoms. The molecule has 2 aliphatic rings. The summed E-state index contributed by atoms with van der Waals surface area (Å²) in [6.45, 7) is 9.46. The van der Waals surface area contributed by atoms with Gasteiger partial charge in [0.1, 0.15) is 5.82 Å². The fraction of sp³-hybridized carbons (Fsp3) is 0.619. The molecular formula is C21H30FN3O2. The van der Waals surface area contributed by atoms with Crippen molar-refractivity contribution in [2.75, 3.05) is 44.2 Å². The van der Waals surface area contributed by atoms with Crippen LogP contribution < -0.4 is 4.90 Å². The Morgan fingerprint density at radius 1 is 1.00 bits per heavy atom. The molecule has 2 heterocycles. The van der Waals surface area contributed by atoms with E-state index in [0.717, 1.165) is 19.4 Å². The van der Waals surface area contributed by atoms with Gasteiger partial charge in [-0.1, -0.05) is 32.9 Å².